The zero-order chi connectivity index (χ0) is 9.71. The van der Waals surface area contributed by atoms with E-state index in [9.17, 15) is 0 Å². The van der Waals surface area contributed by atoms with E-state index in [1.165, 1.54) is 12.8 Å². The molecule has 2 aromatic heterocycles. The molecule has 72 valence electrons. The van der Waals surface area contributed by atoms with Crippen molar-refractivity contribution in [2.24, 2.45) is 0 Å². The van der Waals surface area contributed by atoms with Crippen molar-refractivity contribution >= 4 is 28.5 Å². The van der Waals surface area contributed by atoms with Crippen molar-refractivity contribution in [3.05, 3.63) is 16.8 Å². The summed E-state index contributed by atoms with van der Waals surface area (Å²) in [5.41, 5.74) is 7.35. The number of hydrogen-bond acceptors (Lipinski definition) is 3. The number of pyridine rings is 1. The van der Waals surface area contributed by atoms with E-state index >= 15 is 0 Å². The Balaban J connectivity index is 2.28. The maximum atomic E-state index is 6.11. The lowest BCUT2D eigenvalue weighted by Gasteiger charge is -2.00. The number of rotatable bonds is 1. The van der Waals surface area contributed by atoms with Gasteiger partial charge in [0.25, 0.3) is 0 Å². The summed E-state index contributed by atoms with van der Waals surface area (Å²) in [5.74, 6) is 0.994. The third-order valence-electron chi connectivity index (χ3n) is 2.53. The number of H-pyrrole nitrogens is 1. The number of nitrogens with one attached hydrogen (secondary N) is 1. The molecule has 0 atom stereocenters. The number of fused-ring (bicyclic) bond motifs is 1. The van der Waals surface area contributed by atoms with Crippen molar-refractivity contribution in [1.82, 2.24) is 15.2 Å². The summed E-state index contributed by atoms with van der Waals surface area (Å²) >= 11 is 6.11. The largest absolute Gasteiger partial charge is 0.382 e. The SMILES string of the molecule is Nc1n[nH]c2nc(C3CC3)c(Cl)cc12. The molecule has 0 saturated heterocycles. The number of halogens is 1. The Bertz CT molecular complexity index is 501. The Morgan fingerprint density at radius 3 is 3.00 bits per heavy atom. The Morgan fingerprint density at radius 2 is 2.29 bits per heavy atom. The number of hydrogen-bond donors (Lipinski definition) is 2. The van der Waals surface area contributed by atoms with E-state index in [1.807, 2.05) is 6.07 Å². The number of nitrogens with zero attached hydrogens (tertiary/aromatic N) is 2. The molecule has 0 spiro atoms. The molecule has 2 aromatic rings. The molecule has 0 unspecified atom stereocenters. The Morgan fingerprint density at radius 1 is 1.50 bits per heavy atom. The standard InChI is InChI=1S/C9H9ClN4/c10-6-3-5-8(11)13-14-9(5)12-7(6)4-1-2-4/h3-4H,1-2H2,(H3,11,12,13,14). The van der Waals surface area contributed by atoms with Crippen LogP contribution in [-0.4, -0.2) is 15.2 Å². The molecule has 3 N–H and O–H groups in total. The Labute approximate surface area is 85.5 Å². The van der Waals surface area contributed by atoms with E-state index in [2.05, 4.69) is 15.2 Å². The van der Waals surface area contributed by atoms with Crippen LogP contribution in [0.15, 0.2) is 6.07 Å². The number of anilines is 1. The average molecular weight is 209 g/mol. The van der Waals surface area contributed by atoms with Crippen molar-refractivity contribution in [3.8, 4) is 0 Å². The molecule has 2 heterocycles. The summed E-state index contributed by atoms with van der Waals surface area (Å²) in [6, 6.07) is 1.84. The minimum atomic E-state index is 0.455. The maximum absolute atomic E-state index is 6.11. The van der Waals surface area contributed by atoms with Crippen LogP contribution in [0.2, 0.25) is 5.02 Å². The molecule has 0 radical (unpaired) electrons. The second-order valence-corrected chi connectivity index (χ2v) is 4.04. The molecule has 4 nitrogen and oxygen atoms in total. The van der Waals surface area contributed by atoms with E-state index < -0.39 is 0 Å². The average Bonchev–Trinajstić information content (AvgIpc) is 2.94. The number of aromatic amines is 1. The lowest BCUT2D eigenvalue weighted by molar-refractivity contribution is 1.02. The minimum absolute atomic E-state index is 0.455. The van der Waals surface area contributed by atoms with Gasteiger partial charge >= 0.3 is 0 Å². The summed E-state index contributed by atoms with van der Waals surface area (Å²) in [6.45, 7) is 0. The van der Waals surface area contributed by atoms with Gasteiger partial charge in [0, 0.05) is 5.92 Å². The highest BCUT2D eigenvalue weighted by molar-refractivity contribution is 6.32. The fraction of sp³-hybridized carbons (Fsp3) is 0.333. The van der Waals surface area contributed by atoms with E-state index in [0.29, 0.717) is 16.8 Å². The highest BCUT2D eigenvalue weighted by Crippen LogP contribution is 2.42. The van der Waals surface area contributed by atoms with Crippen molar-refractivity contribution in [1.29, 1.82) is 0 Å². The van der Waals surface area contributed by atoms with Crippen molar-refractivity contribution in [3.63, 3.8) is 0 Å². The van der Waals surface area contributed by atoms with Gasteiger partial charge in [0.1, 0.15) is 0 Å². The summed E-state index contributed by atoms with van der Waals surface area (Å²) in [6.07, 6.45) is 2.36. The molecule has 3 rings (SSSR count). The van der Waals surface area contributed by atoms with Crippen LogP contribution in [-0.2, 0) is 0 Å². The van der Waals surface area contributed by atoms with E-state index in [1.54, 1.807) is 0 Å². The van der Waals surface area contributed by atoms with Gasteiger partial charge < -0.3 is 5.73 Å². The lowest BCUT2D eigenvalue weighted by Crippen LogP contribution is -1.89. The number of nitrogen functional groups attached to an aromatic ring is 1. The van der Waals surface area contributed by atoms with Gasteiger partial charge in [-0.3, -0.25) is 5.10 Å². The quantitative estimate of drug-likeness (QED) is 0.754. The first kappa shape index (κ1) is 8.05. The predicted molar refractivity (Wildman–Crippen MR) is 55.3 cm³/mol. The minimum Gasteiger partial charge on any atom is -0.382 e. The lowest BCUT2D eigenvalue weighted by atomic mass is 10.2. The van der Waals surface area contributed by atoms with E-state index in [-0.39, 0.29) is 0 Å². The first-order chi connectivity index (χ1) is 6.75. The topological polar surface area (TPSA) is 67.6 Å². The van der Waals surface area contributed by atoms with Gasteiger partial charge in [0.05, 0.1) is 16.1 Å². The summed E-state index contributed by atoms with van der Waals surface area (Å²) in [4.78, 5) is 4.43. The van der Waals surface area contributed by atoms with Crippen molar-refractivity contribution in [2.45, 2.75) is 18.8 Å². The number of aromatic nitrogens is 3. The van der Waals surface area contributed by atoms with Gasteiger partial charge in [-0.2, -0.15) is 5.10 Å². The molecule has 5 heteroatoms. The van der Waals surface area contributed by atoms with Crippen LogP contribution in [0.4, 0.5) is 5.82 Å². The molecule has 0 aliphatic heterocycles. The molecule has 0 aromatic carbocycles. The summed E-state index contributed by atoms with van der Waals surface area (Å²) < 4.78 is 0. The molecule has 1 saturated carbocycles. The second-order valence-electron chi connectivity index (χ2n) is 3.63. The van der Waals surface area contributed by atoms with Crippen LogP contribution in [0.5, 0.6) is 0 Å². The Hall–Kier alpha value is -1.29. The van der Waals surface area contributed by atoms with Gasteiger partial charge in [-0.25, -0.2) is 4.98 Å². The van der Waals surface area contributed by atoms with Crippen LogP contribution >= 0.6 is 11.6 Å². The highest BCUT2D eigenvalue weighted by atomic mass is 35.5. The normalized spacial score (nSPS) is 16.4. The first-order valence-corrected chi connectivity index (χ1v) is 4.93. The molecule has 1 aliphatic carbocycles. The molecule has 0 bridgehead atoms. The first-order valence-electron chi connectivity index (χ1n) is 4.55. The smallest absolute Gasteiger partial charge is 0.157 e. The second kappa shape index (κ2) is 2.60. The zero-order valence-electron chi connectivity index (χ0n) is 7.42. The van der Waals surface area contributed by atoms with Gasteiger partial charge in [-0.1, -0.05) is 11.6 Å². The molecular formula is C9H9ClN4. The van der Waals surface area contributed by atoms with E-state index in [0.717, 1.165) is 16.7 Å². The van der Waals surface area contributed by atoms with Gasteiger partial charge in [-0.05, 0) is 18.9 Å². The monoisotopic (exact) mass is 208 g/mol. The van der Waals surface area contributed by atoms with E-state index in [4.69, 9.17) is 17.3 Å². The summed E-state index contributed by atoms with van der Waals surface area (Å²) in [7, 11) is 0. The fourth-order valence-electron chi connectivity index (χ4n) is 1.60. The van der Waals surface area contributed by atoms with Crippen molar-refractivity contribution in [2.75, 3.05) is 5.73 Å². The van der Waals surface area contributed by atoms with Gasteiger partial charge in [0.15, 0.2) is 11.5 Å². The van der Waals surface area contributed by atoms with Gasteiger partial charge in [0.2, 0.25) is 0 Å². The van der Waals surface area contributed by atoms with Gasteiger partial charge in [-0.15, -0.1) is 0 Å². The fourth-order valence-corrected chi connectivity index (χ4v) is 1.91. The highest BCUT2D eigenvalue weighted by Gasteiger charge is 2.28. The van der Waals surface area contributed by atoms with Crippen LogP contribution in [0.1, 0.15) is 24.5 Å². The molecule has 0 amide bonds. The maximum Gasteiger partial charge on any atom is 0.157 e. The van der Waals surface area contributed by atoms with Crippen LogP contribution in [0.3, 0.4) is 0 Å². The molecular weight excluding hydrogens is 200 g/mol. The van der Waals surface area contributed by atoms with Crippen LogP contribution in [0, 0.1) is 0 Å². The third kappa shape index (κ3) is 1.07. The molecule has 1 aliphatic rings. The van der Waals surface area contributed by atoms with Crippen LogP contribution in [0.25, 0.3) is 11.0 Å². The molecule has 14 heavy (non-hydrogen) atoms. The predicted octanol–water partition coefficient (Wildman–Crippen LogP) is 2.07. The van der Waals surface area contributed by atoms with Crippen molar-refractivity contribution < 1.29 is 0 Å². The third-order valence-corrected chi connectivity index (χ3v) is 2.83. The zero-order valence-corrected chi connectivity index (χ0v) is 8.17. The number of nitrogens with two attached hydrogens (primary N) is 1. The van der Waals surface area contributed by atoms with Crippen LogP contribution < -0.4 is 5.73 Å². The molecule has 1 fully saturated rings. The summed E-state index contributed by atoms with van der Waals surface area (Å²) in [5, 5.41) is 8.19. The Kier molecular flexibility index (Phi) is 1.50.